The molecule has 2 aliphatic rings. The van der Waals surface area contributed by atoms with Crippen LogP contribution in [0.3, 0.4) is 0 Å². The summed E-state index contributed by atoms with van der Waals surface area (Å²) in [7, 11) is 0. The third kappa shape index (κ3) is 3.47. The Balaban J connectivity index is 1.33. The first-order valence-corrected chi connectivity index (χ1v) is 9.22. The van der Waals surface area contributed by atoms with E-state index in [0.29, 0.717) is 13.0 Å². The zero-order valence-corrected chi connectivity index (χ0v) is 14.9. The Labute approximate surface area is 153 Å². The molecular weight excluding hydrogens is 326 g/mol. The van der Waals surface area contributed by atoms with Crippen LogP contribution < -0.4 is 5.32 Å². The Morgan fingerprint density at radius 2 is 2.12 bits per heavy atom. The first-order chi connectivity index (χ1) is 12.7. The summed E-state index contributed by atoms with van der Waals surface area (Å²) in [5, 5.41) is 7.24. The first-order valence-electron chi connectivity index (χ1n) is 9.22. The van der Waals surface area contributed by atoms with E-state index in [-0.39, 0.29) is 17.9 Å². The van der Waals surface area contributed by atoms with Crippen molar-refractivity contribution in [3.05, 3.63) is 65.0 Å². The van der Waals surface area contributed by atoms with Crippen molar-refractivity contribution in [2.75, 3.05) is 6.54 Å². The monoisotopic (exact) mass is 349 g/mol. The normalized spacial score (nSPS) is 21.5. The fourth-order valence-electron chi connectivity index (χ4n) is 3.66. The maximum atomic E-state index is 12.7. The van der Waals surface area contributed by atoms with Crippen LogP contribution in [0.1, 0.15) is 47.6 Å². The maximum absolute atomic E-state index is 12.7. The van der Waals surface area contributed by atoms with Gasteiger partial charge in [-0.15, -0.1) is 0 Å². The van der Waals surface area contributed by atoms with Gasteiger partial charge in [0.05, 0.1) is 23.9 Å². The molecule has 0 saturated carbocycles. The molecule has 134 valence electrons. The summed E-state index contributed by atoms with van der Waals surface area (Å²) >= 11 is 0. The van der Waals surface area contributed by atoms with E-state index in [1.807, 2.05) is 6.07 Å². The van der Waals surface area contributed by atoms with Crippen molar-refractivity contribution in [1.29, 1.82) is 0 Å². The Morgan fingerprint density at radius 1 is 1.27 bits per heavy atom. The highest BCUT2D eigenvalue weighted by molar-refractivity contribution is 6.01. The van der Waals surface area contributed by atoms with Crippen LogP contribution in [0, 0.1) is 6.92 Å². The number of pyridine rings is 1. The molecule has 1 aromatic heterocycles. The molecule has 2 heterocycles. The van der Waals surface area contributed by atoms with Crippen LogP contribution in [0.15, 0.2) is 47.8 Å². The van der Waals surface area contributed by atoms with Gasteiger partial charge in [0.25, 0.3) is 0 Å². The van der Waals surface area contributed by atoms with Gasteiger partial charge in [0.1, 0.15) is 6.10 Å². The van der Waals surface area contributed by atoms with Gasteiger partial charge in [-0.25, -0.2) is 0 Å². The minimum absolute atomic E-state index is 0.0389. The van der Waals surface area contributed by atoms with E-state index in [0.717, 1.165) is 36.2 Å². The molecule has 0 spiro atoms. The maximum Gasteiger partial charge on any atom is 0.229 e. The van der Waals surface area contributed by atoms with E-state index in [2.05, 4.69) is 52.7 Å². The van der Waals surface area contributed by atoms with Crippen LogP contribution in [0.2, 0.25) is 0 Å². The second-order valence-electron chi connectivity index (χ2n) is 7.07. The average Bonchev–Trinajstić information content (AvgIpc) is 3.15. The number of aromatic nitrogens is 1. The van der Waals surface area contributed by atoms with E-state index >= 15 is 0 Å². The number of nitrogens with zero attached hydrogens (tertiary/aromatic N) is 2. The molecule has 0 fully saturated rings. The van der Waals surface area contributed by atoms with E-state index in [9.17, 15) is 4.79 Å². The molecule has 1 aliphatic carbocycles. The molecule has 2 aromatic rings. The fourth-order valence-corrected chi connectivity index (χ4v) is 3.66. The SMILES string of the molecule is Cc1ccc(C2=NOC(CNC(=O)C3CCCc4cccnc43)C2)cc1. The number of carbonyl (C=O) groups is 1. The Bertz CT molecular complexity index is 829. The third-order valence-electron chi connectivity index (χ3n) is 5.13. The molecule has 2 unspecified atom stereocenters. The van der Waals surface area contributed by atoms with Gasteiger partial charge in [-0.1, -0.05) is 41.1 Å². The number of hydrogen-bond acceptors (Lipinski definition) is 4. The van der Waals surface area contributed by atoms with Crippen molar-refractivity contribution >= 4 is 11.6 Å². The summed E-state index contributed by atoms with van der Waals surface area (Å²) < 4.78 is 0. The Kier molecular flexibility index (Phi) is 4.69. The number of oxime groups is 1. The summed E-state index contributed by atoms with van der Waals surface area (Å²) in [6, 6.07) is 12.3. The van der Waals surface area contributed by atoms with Gasteiger partial charge < -0.3 is 10.2 Å². The van der Waals surface area contributed by atoms with Gasteiger partial charge in [-0.3, -0.25) is 9.78 Å². The van der Waals surface area contributed by atoms with Crippen LogP contribution >= 0.6 is 0 Å². The average molecular weight is 349 g/mol. The highest BCUT2D eigenvalue weighted by Crippen LogP contribution is 2.30. The molecule has 4 rings (SSSR count). The summed E-state index contributed by atoms with van der Waals surface area (Å²) in [6.45, 7) is 2.53. The predicted molar refractivity (Wildman–Crippen MR) is 100 cm³/mol. The lowest BCUT2D eigenvalue weighted by Crippen LogP contribution is -2.37. The van der Waals surface area contributed by atoms with Crippen LogP contribution in [0.4, 0.5) is 0 Å². The molecule has 1 aliphatic heterocycles. The van der Waals surface area contributed by atoms with E-state index < -0.39 is 0 Å². The van der Waals surface area contributed by atoms with Crippen molar-refractivity contribution in [2.24, 2.45) is 5.16 Å². The second-order valence-corrected chi connectivity index (χ2v) is 7.07. The minimum atomic E-state index is -0.154. The number of fused-ring (bicyclic) bond motifs is 1. The van der Waals surface area contributed by atoms with E-state index in [1.54, 1.807) is 6.20 Å². The van der Waals surface area contributed by atoms with Gasteiger partial charge in [0.2, 0.25) is 5.91 Å². The first kappa shape index (κ1) is 16.8. The van der Waals surface area contributed by atoms with Gasteiger partial charge >= 0.3 is 0 Å². The second kappa shape index (κ2) is 7.28. The summed E-state index contributed by atoms with van der Waals surface area (Å²) in [4.78, 5) is 22.6. The van der Waals surface area contributed by atoms with Crippen molar-refractivity contribution in [1.82, 2.24) is 10.3 Å². The standard InChI is InChI=1S/C21H23N3O2/c1-14-7-9-15(10-8-14)19-12-17(26-24-19)13-23-21(25)18-6-2-4-16-5-3-11-22-20(16)18/h3,5,7-11,17-18H,2,4,6,12-13H2,1H3,(H,23,25). The number of rotatable bonds is 4. The van der Waals surface area contributed by atoms with E-state index in [1.165, 1.54) is 11.1 Å². The summed E-state index contributed by atoms with van der Waals surface area (Å²) in [5.74, 6) is -0.115. The molecule has 1 aromatic carbocycles. The highest BCUT2D eigenvalue weighted by atomic mass is 16.6. The van der Waals surface area contributed by atoms with Crippen molar-refractivity contribution in [3.63, 3.8) is 0 Å². The number of nitrogens with one attached hydrogen (secondary N) is 1. The molecule has 2 atom stereocenters. The topological polar surface area (TPSA) is 63.6 Å². The number of hydrogen-bond donors (Lipinski definition) is 1. The van der Waals surface area contributed by atoms with Gasteiger partial charge in [-0.2, -0.15) is 0 Å². The summed E-state index contributed by atoms with van der Waals surface area (Å²) in [5.41, 5.74) is 5.36. The molecule has 26 heavy (non-hydrogen) atoms. The van der Waals surface area contributed by atoms with Crippen LogP contribution in [-0.2, 0) is 16.1 Å². The van der Waals surface area contributed by atoms with Crippen molar-refractivity contribution in [2.45, 2.75) is 44.6 Å². The highest BCUT2D eigenvalue weighted by Gasteiger charge is 2.29. The smallest absolute Gasteiger partial charge is 0.229 e. The molecule has 0 bridgehead atoms. The predicted octanol–water partition coefficient (Wildman–Crippen LogP) is 3.12. The fraction of sp³-hybridized carbons (Fsp3) is 0.381. The molecule has 5 heteroatoms. The number of carbonyl (C=O) groups excluding carboxylic acids is 1. The number of amides is 1. The lowest BCUT2D eigenvalue weighted by molar-refractivity contribution is -0.123. The van der Waals surface area contributed by atoms with Gasteiger partial charge in [-0.05, 0) is 43.4 Å². The molecule has 1 amide bonds. The lowest BCUT2D eigenvalue weighted by atomic mass is 9.86. The van der Waals surface area contributed by atoms with Crippen LogP contribution in [0.5, 0.6) is 0 Å². The minimum Gasteiger partial charge on any atom is -0.390 e. The van der Waals surface area contributed by atoms with E-state index in [4.69, 9.17) is 4.84 Å². The quantitative estimate of drug-likeness (QED) is 0.922. The van der Waals surface area contributed by atoms with Gasteiger partial charge in [0.15, 0.2) is 0 Å². The Morgan fingerprint density at radius 3 is 2.96 bits per heavy atom. The number of aryl methyl sites for hydroxylation is 2. The molecule has 1 N–H and O–H groups in total. The number of benzene rings is 1. The molecule has 0 radical (unpaired) electrons. The van der Waals surface area contributed by atoms with Crippen molar-refractivity contribution < 1.29 is 9.63 Å². The Hall–Kier alpha value is -2.69. The summed E-state index contributed by atoms with van der Waals surface area (Å²) in [6.07, 6.45) is 5.26. The van der Waals surface area contributed by atoms with Crippen molar-refractivity contribution in [3.8, 4) is 0 Å². The van der Waals surface area contributed by atoms with Gasteiger partial charge in [0, 0.05) is 12.6 Å². The third-order valence-corrected chi connectivity index (χ3v) is 5.13. The largest absolute Gasteiger partial charge is 0.390 e. The van der Waals surface area contributed by atoms with Crippen LogP contribution in [-0.4, -0.2) is 29.3 Å². The molecule has 0 saturated heterocycles. The zero-order chi connectivity index (χ0) is 17.9. The molecule has 5 nitrogen and oxygen atoms in total. The van der Waals surface area contributed by atoms with Crippen LogP contribution in [0.25, 0.3) is 0 Å². The lowest BCUT2D eigenvalue weighted by Gasteiger charge is -2.23. The molecular formula is C21H23N3O2. The zero-order valence-electron chi connectivity index (χ0n) is 14.9.